The number of nitrogens with zero attached hydrogens (tertiary/aromatic N) is 1. The topological polar surface area (TPSA) is 53.0 Å². The van der Waals surface area contributed by atoms with Gasteiger partial charge in [-0.1, -0.05) is 0 Å². The number of thiazole rings is 1. The molecule has 2 aromatic rings. The first-order valence-corrected chi connectivity index (χ1v) is 5.57. The van der Waals surface area contributed by atoms with Crippen LogP contribution >= 0.6 is 11.3 Å². The molecule has 6 heteroatoms. The summed E-state index contributed by atoms with van der Waals surface area (Å²) in [5.74, 6) is 0. The molecule has 0 saturated carbocycles. The molecule has 1 unspecified atom stereocenters. The number of aryl methyl sites for hydroxylation is 1. The van der Waals surface area contributed by atoms with Crippen LogP contribution in [0.2, 0.25) is 0 Å². The molecule has 14 heavy (non-hydrogen) atoms. The summed E-state index contributed by atoms with van der Waals surface area (Å²) in [6, 6.07) is 3.27. The van der Waals surface area contributed by atoms with Gasteiger partial charge in [0.2, 0.25) is 0 Å². The van der Waals surface area contributed by atoms with E-state index in [9.17, 15) is 8.76 Å². The second-order valence-corrected chi connectivity index (χ2v) is 4.50. The molecule has 3 nitrogen and oxygen atoms in total. The van der Waals surface area contributed by atoms with Crippen molar-refractivity contribution in [1.29, 1.82) is 0 Å². The third-order valence-electron chi connectivity index (χ3n) is 1.79. The molecule has 1 heterocycles. The molecule has 0 bridgehead atoms. The van der Waals surface area contributed by atoms with Crippen LogP contribution in [0.3, 0.4) is 0 Å². The predicted molar refractivity (Wildman–Crippen MR) is 51.5 cm³/mol. The Morgan fingerprint density at radius 2 is 2.21 bits per heavy atom. The van der Waals surface area contributed by atoms with Crippen LogP contribution in [0.25, 0.3) is 10.2 Å². The van der Waals surface area contributed by atoms with E-state index in [1.54, 1.807) is 17.6 Å². The van der Waals surface area contributed by atoms with Gasteiger partial charge >= 0.3 is 29.6 Å². The van der Waals surface area contributed by atoms with Crippen molar-refractivity contribution >= 4 is 32.6 Å². The SMILES string of the molecule is Cc1cc(S(=O)[O-])cc2scnc12.[Na+]. The van der Waals surface area contributed by atoms with Gasteiger partial charge in [0.15, 0.2) is 0 Å². The van der Waals surface area contributed by atoms with Crippen LogP contribution in [0.4, 0.5) is 0 Å². The first-order valence-electron chi connectivity index (χ1n) is 3.61. The Balaban J connectivity index is 0.000000980. The van der Waals surface area contributed by atoms with Gasteiger partial charge in [0.1, 0.15) is 0 Å². The smallest absolute Gasteiger partial charge is 0.768 e. The van der Waals surface area contributed by atoms with E-state index in [0.717, 1.165) is 15.8 Å². The van der Waals surface area contributed by atoms with E-state index in [4.69, 9.17) is 0 Å². The summed E-state index contributed by atoms with van der Waals surface area (Å²) in [6.45, 7) is 1.86. The van der Waals surface area contributed by atoms with Crippen LogP contribution in [0, 0.1) is 6.92 Å². The number of hydrogen-bond donors (Lipinski definition) is 0. The zero-order chi connectivity index (χ0) is 9.42. The second-order valence-electron chi connectivity index (χ2n) is 2.67. The minimum Gasteiger partial charge on any atom is -0.768 e. The zero-order valence-electron chi connectivity index (χ0n) is 7.81. The molecule has 2 rings (SSSR count). The van der Waals surface area contributed by atoms with Crippen LogP contribution in [-0.4, -0.2) is 13.7 Å². The maximum Gasteiger partial charge on any atom is 1.00 e. The molecule has 0 amide bonds. The van der Waals surface area contributed by atoms with Gasteiger partial charge in [0.05, 0.1) is 15.7 Å². The normalized spacial score (nSPS) is 12.4. The van der Waals surface area contributed by atoms with Crippen molar-refractivity contribution in [2.75, 3.05) is 0 Å². The molecule has 0 aliphatic rings. The van der Waals surface area contributed by atoms with E-state index in [2.05, 4.69) is 4.98 Å². The predicted octanol–water partition coefficient (Wildman–Crippen LogP) is -1.15. The van der Waals surface area contributed by atoms with Crippen molar-refractivity contribution in [2.45, 2.75) is 11.8 Å². The minimum atomic E-state index is -2.15. The van der Waals surface area contributed by atoms with Crippen molar-refractivity contribution in [2.24, 2.45) is 0 Å². The molecular weight excluding hydrogens is 229 g/mol. The largest absolute Gasteiger partial charge is 1.00 e. The van der Waals surface area contributed by atoms with Gasteiger partial charge in [-0.05, 0) is 35.7 Å². The van der Waals surface area contributed by atoms with Crippen LogP contribution in [0.1, 0.15) is 5.56 Å². The number of fused-ring (bicyclic) bond motifs is 1. The molecule has 0 aliphatic heterocycles. The minimum absolute atomic E-state index is 0. The summed E-state index contributed by atoms with van der Waals surface area (Å²) in [5, 5.41) is 0. The fourth-order valence-corrected chi connectivity index (χ4v) is 2.56. The quantitative estimate of drug-likeness (QED) is 0.463. The van der Waals surface area contributed by atoms with Crippen LogP contribution < -0.4 is 29.6 Å². The fourth-order valence-electron chi connectivity index (χ4n) is 1.20. The molecule has 1 aromatic carbocycles. The summed E-state index contributed by atoms with van der Waals surface area (Å²) >= 11 is -0.702. The standard InChI is InChI=1S/C8H7NO2S2.Na/c1-5-2-6(13(10)11)3-7-8(5)9-4-12-7;/h2-4H,1H3,(H,10,11);/q;+1/p-1. The van der Waals surface area contributed by atoms with Crippen molar-refractivity contribution in [3.63, 3.8) is 0 Å². The summed E-state index contributed by atoms with van der Waals surface area (Å²) in [6.07, 6.45) is 0. The average Bonchev–Trinajstić information content (AvgIpc) is 2.51. The van der Waals surface area contributed by atoms with Crippen molar-refractivity contribution in [1.82, 2.24) is 4.98 Å². The number of benzene rings is 1. The third-order valence-corrected chi connectivity index (χ3v) is 3.19. The maximum atomic E-state index is 10.7. The molecule has 0 radical (unpaired) electrons. The van der Waals surface area contributed by atoms with Crippen LogP contribution in [0.15, 0.2) is 22.5 Å². The Bertz CT molecular complexity index is 483. The van der Waals surface area contributed by atoms with Gasteiger partial charge in [0, 0.05) is 4.90 Å². The van der Waals surface area contributed by atoms with E-state index in [1.165, 1.54) is 11.3 Å². The Kier molecular flexibility index (Phi) is 4.24. The number of rotatable bonds is 1. The first-order chi connectivity index (χ1) is 6.18. The van der Waals surface area contributed by atoms with Gasteiger partial charge in [-0.3, -0.25) is 4.21 Å². The fraction of sp³-hybridized carbons (Fsp3) is 0.125. The van der Waals surface area contributed by atoms with E-state index in [0.29, 0.717) is 4.90 Å². The van der Waals surface area contributed by atoms with Crippen LogP contribution in [-0.2, 0) is 11.1 Å². The molecule has 0 spiro atoms. The third kappa shape index (κ3) is 2.24. The molecule has 0 N–H and O–H groups in total. The monoisotopic (exact) mass is 235 g/mol. The van der Waals surface area contributed by atoms with E-state index >= 15 is 0 Å². The van der Waals surface area contributed by atoms with Gasteiger partial charge in [-0.15, -0.1) is 11.3 Å². The Hall–Kier alpha value is 0.220. The summed E-state index contributed by atoms with van der Waals surface area (Å²) in [4.78, 5) is 4.46. The molecule has 1 atom stereocenters. The zero-order valence-corrected chi connectivity index (χ0v) is 11.4. The van der Waals surface area contributed by atoms with Crippen LogP contribution in [0.5, 0.6) is 0 Å². The molecule has 1 aromatic heterocycles. The van der Waals surface area contributed by atoms with Gasteiger partial charge in [-0.25, -0.2) is 4.98 Å². The van der Waals surface area contributed by atoms with E-state index < -0.39 is 11.1 Å². The molecule has 0 aliphatic carbocycles. The van der Waals surface area contributed by atoms with Gasteiger partial charge in [-0.2, -0.15) is 0 Å². The summed E-state index contributed by atoms with van der Waals surface area (Å²) in [7, 11) is 0. The molecule has 0 saturated heterocycles. The van der Waals surface area contributed by atoms with Crippen molar-refractivity contribution in [3.8, 4) is 0 Å². The first kappa shape index (κ1) is 12.3. The van der Waals surface area contributed by atoms with Gasteiger partial charge in [0.25, 0.3) is 0 Å². The van der Waals surface area contributed by atoms with Crippen molar-refractivity contribution < 1.29 is 38.3 Å². The maximum absolute atomic E-state index is 10.7. The van der Waals surface area contributed by atoms with Gasteiger partial charge < -0.3 is 4.55 Å². The Morgan fingerprint density at radius 1 is 1.50 bits per heavy atom. The Morgan fingerprint density at radius 3 is 2.86 bits per heavy atom. The summed E-state index contributed by atoms with van der Waals surface area (Å²) in [5.41, 5.74) is 3.51. The van der Waals surface area contributed by atoms with E-state index in [1.807, 2.05) is 6.92 Å². The molecule has 0 fully saturated rings. The second kappa shape index (κ2) is 4.83. The average molecular weight is 235 g/mol. The van der Waals surface area contributed by atoms with E-state index in [-0.39, 0.29) is 29.6 Å². The molecule has 68 valence electrons. The number of aromatic nitrogens is 1. The molecular formula is C8H6NNaO2S2. The number of hydrogen-bond acceptors (Lipinski definition) is 4. The van der Waals surface area contributed by atoms with Crippen molar-refractivity contribution in [3.05, 3.63) is 23.2 Å². The Labute approximate surface area is 110 Å². The summed E-state index contributed by atoms with van der Waals surface area (Å²) < 4.78 is 22.3.